The zero-order chi connectivity index (χ0) is 23.5. The monoisotopic (exact) mass is 456 g/mol. The molecule has 2 N–H and O–H groups in total. The van der Waals surface area contributed by atoms with E-state index in [1.165, 1.54) is 25.3 Å². The lowest BCUT2D eigenvalue weighted by Crippen LogP contribution is -2.40. The molecule has 32 heavy (non-hydrogen) atoms. The molecular formula is C24H25FN2O4S. The summed E-state index contributed by atoms with van der Waals surface area (Å²) in [7, 11) is -2.32. The molecule has 0 atom stereocenters. The van der Waals surface area contributed by atoms with Gasteiger partial charge in [-0.15, -0.1) is 0 Å². The molecule has 0 spiro atoms. The molecule has 0 aromatic heterocycles. The highest BCUT2D eigenvalue weighted by Gasteiger charge is 2.25. The van der Waals surface area contributed by atoms with Crippen molar-refractivity contribution in [2.24, 2.45) is 0 Å². The Labute approximate surface area is 187 Å². The molecule has 0 unspecified atom stereocenters. The number of amides is 1. The molecule has 0 fully saturated rings. The van der Waals surface area contributed by atoms with Crippen LogP contribution in [-0.2, 0) is 10.0 Å². The molecule has 0 saturated carbocycles. The molecular weight excluding hydrogens is 431 g/mol. The number of sulfonamides is 1. The van der Waals surface area contributed by atoms with Crippen molar-refractivity contribution in [2.75, 3.05) is 12.4 Å². The van der Waals surface area contributed by atoms with Gasteiger partial charge in [0.15, 0.2) is 0 Å². The third-order valence-electron chi connectivity index (χ3n) is 4.49. The van der Waals surface area contributed by atoms with Gasteiger partial charge < -0.3 is 10.1 Å². The number of halogens is 1. The third kappa shape index (κ3) is 5.52. The smallest absolute Gasteiger partial charge is 0.258 e. The van der Waals surface area contributed by atoms with Crippen molar-refractivity contribution in [1.29, 1.82) is 0 Å². The number of benzene rings is 3. The Balaban J connectivity index is 1.98. The summed E-state index contributed by atoms with van der Waals surface area (Å²) < 4.78 is 48.1. The van der Waals surface area contributed by atoms with E-state index in [4.69, 9.17) is 4.74 Å². The van der Waals surface area contributed by atoms with Gasteiger partial charge in [-0.1, -0.05) is 24.3 Å². The minimum Gasteiger partial charge on any atom is -0.497 e. The minimum absolute atomic E-state index is 0.0445. The molecule has 168 valence electrons. The number of hydrogen-bond donors (Lipinski definition) is 2. The first-order valence-electron chi connectivity index (χ1n) is 9.88. The van der Waals surface area contributed by atoms with Gasteiger partial charge in [-0.2, -0.15) is 0 Å². The van der Waals surface area contributed by atoms with Crippen LogP contribution >= 0.6 is 0 Å². The average molecular weight is 457 g/mol. The van der Waals surface area contributed by atoms with Crippen LogP contribution in [0.1, 0.15) is 31.1 Å². The largest absolute Gasteiger partial charge is 0.497 e. The van der Waals surface area contributed by atoms with Crippen molar-refractivity contribution in [3.63, 3.8) is 0 Å². The molecule has 0 heterocycles. The number of carbonyl (C=O) groups excluding carboxylic acids is 1. The standard InChI is InChI=1S/C24H25FN2O4S/c1-24(2,3)27-32(29,30)22-8-6-5-7-19(22)16-9-14-21(25)20(15-16)23(28)26-17-10-12-18(31-4)13-11-17/h5-15,27H,1-4H3,(H,26,28). The van der Waals surface area contributed by atoms with Crippen LogP contribution in [0.15, 0.2) is 71.6 Å². The lowest BCUT2D eigenvalue weighted by molar-refractivity contribution is 0.102. The second-order valence-corrected chi connectivity index (χ2v) is 9.88. The lowest BCUT2D eigenvalue weighted by Gasteiger charge is -2.21. The number of carbonyl (C=O) groups is 1. The van der Waals surface area contributed by atoms with Crippen LogP contribution in [0.3, 0.4) is 0 Å². The van der Waals surface area contributed by atoms with E-state index < -0.39 is 27.3 Å². The Morgan fingerprint density at radius 1 is 0.969 bits per heavy atom. The highest BCUT2D eigenvalue weighted by Crippen LogP contribution is 2.30. The van der Waals surface area contributed by atoms with Crippen molar-refractivity contribution in [1.82, 2.24) is 4.72 Å². The summed E-state index contributed by atoms with van der Waals surface area (Å²) in [6, 6.07) is 17.0. The molecule has 0 aliphatic heterocycles. The number of anilines is 1. The highest BCUT2D eigenvalue weighted by molar-refractivity contribution is 7.89. The SMILES string of the molecule is COc1ccc(NC(=O)c2cc(-c3ccccc3S(=O)(=O)NC(C)(C)C)ccc2F)cc1. The molecule has 3 aromatic carbocycles. The van der Waals surface area contributed by atoms with Gasteiger partial charge >= 0.3 is 0 Å². The third-order valence-corrected chi connectivity index (χ3v) is 6.30. The van der Waals surface area contributed by atoms with E-state index in [0.29, 0.717) is 22.6 Å². The Morgan fingerprint density at radius 3 is 2.25 bits per heavy atom. The molecule has 0 saturated heterocycles. The Kier molecular flexibility index (Phi) is 6.66. The number of nitrogens with one attached hydrogen (secondary N) is 2. The van der Waals surface area contributed by atoms with Gasteiger partial charge in [0, 0.05) is 16.8 Å². The fraction of sp³-hybridized carbons (Fsp3) is 0.208. The van der Waals surface area contributed by atoms with Crippen LogP contribution in [-0.4, -0.2) is 27.0 Å². The predicted molar refractivity (Wildman–Crippen MR) is 123 cm³/mol. The van der Waals surface area contributed by atoms with Gasteiger partial charge in [0.1, 0.15) is 11.6 Å². The van der Waals surface area contributed by atoms with E-state index in [0.717, 1.165) is 6.07 Å². The Bertz CT molecular complexity index is 1230. The molecule has 3 rings (SSSR count). The van der Waals surface area contributed by atoms with Crippen molar-refractivity contribution in [3.8, 4) is 16.9 Å². The van der Waals surface area contributed by atoms with Crippen LogP contribution in [0, 0.1) is 5.82 Å². The van der Waals surface area contributed by atoms with Crippen molar-refractivity contribution in [2.45, 2.75) is 31.2 Å². The summed E-state index contributed by atoms with van der Waals surface area (Å²) in [4.78, 5) is 12.8. The Morgan fingerprint density at radius 2 is 1.62 bits per heavy atom. The van der Waals surface area contributed by atoms with Crippen LogP contribution in [0.25, 0.3) is 11.1 Å². The fourth-order valence-corrected chi connectivity index (χ4v) is 4.79. The van der Waals surface area contributed by atoms with E-state index in [-0.39, 0.29) is 10.5 Å². The van der Waals surface area contributed by atoms with E-state index >= 15 is 0 Å². The number of methoxy groups -OCH3 is 1. The topological polar surface area (TPSA) is 84.5 Å². The van der Waals surface area contributed by atoms with Crippen LogP contribution in [0.2, 0.25) is 0 Å². The zero-order valence-electron chi connectivity index (χ0n) is 18.3. The molecule has 0 aliphatic carbocycles. The summed E-state index contributed by atoms with van der Waals surface area (Å²) in [6.07, 6.45) is 0. The predicted octanol–water partition coefficient (Wildman–Crippen LogP) is 4.83. The van der Waals surface area contributed by atoms with Crippen molar-refractivity contribution < 1.29 is 22.3 Å². The van der Waals surface area contributed by atoms with Gasteiger partial charge in [0.2, 0.25) is 10.0 Å². The summed E-state index contributed by atoms with van der Waals surface area (Å²) in [5.74, 6) is -0.742. The molecule has 6 nitrogen and oxygen atoms in total. The molecule has 0 bridgehead atoms. The normalized spacial score (nSPS) is 11.8. The minimum atomic E-state index is -3.85. The highest BCUT2D eigenvalue weighted by atomic mass is 32.2. The summed E-state index contributed by atoms with van der Waals surface area (Å²) in [6.45, 7) is 5.23. The molecule has 3 aromatic rings. The Hall–Kier alpha value is -3.23. The average Bonchev–Trinajstić information content (AvgIpc) is 2.73. The molecule has 1 amide bonds. The van der Waals surface area contributed by atoms with Crippen LogP contribution < -0.4 is 14.8 Å². The molecule has 0 radical (unpaired) electrons. The first-order valence-corrected chi connectivity index (χ1v) is 11.4. The molecule has 0 aliphatic rings. The van der Waals surface area contributed by atoms with Gasteiger partial charge in [0.25, 0.3) is 5.91 Å². The second-order valence-electron chi connectivity index (χ2n) is 8.23. The molecule has 8 heteroatoms. The van der Waals surface area contributed by atoms with E-state index in [2.05, 4.69) is 10.0 Å². The maximum atomic E-state index is 14.5. The van der Waals surface area contributed by atoms with E-state index in [1.807, 2.05) is 0 Å². The first kappa shape index (κ1) is 23.4. The second kappa shape index (κ2) is 9.10. The van der Waals surface area contributed by atoms with Gasteiger partial charge in [-0.3, -0.25) is 4.79 Å². The van der Waals surface area contributed by atoms with Gasteiger partial charge in [-0.25, -0.2) is 17.5 Å². The first-order chi connectivity index (χ1) is 15.0. The van der Waals surface area contributed by atoms with Gasteiger partial charge in [0.05, 0.1) is 17.6 Å². The quantitative estimate of drug-likeness (QED) is 0.556. The van der Waals surface area contributed by atoms with E-state index in [1.54, 1.807) is 63.2 Å². The fourth-order valence-electron chi connectivity index (χ4n) is 3.14. The van der Waals surface area contributed by atoms with Crippen molar-refractivity contribution >= 4 is 21.6 Å². The summed E-state index contributed by atoms with van der Waals surface area (Å²) in [5, 5.41) is 2.64. The zero-order valence-corrected chi connectivity index (χ0v) is 19.1. The summed E-state index contributed by atoms with van der Waals surface area (Å²) in [5.41, 5.74) is 0.356. The lowest BCUT2D eigenvalue weighted by atomic mass is 10.0. The van der Waals surface area contributed by atoms with E-state index in [9.17, 15) is 17.6 Å². The number of rotatable bonds is 6. The van der Waals surface area contributed by atoms with Gasteiger partial charge in [-0.05, 0) is 68.8 Å². The summed E-state index contributed by atoms with van der Waals surface area (Å²) >= 11 is 0. The van der Waals surface area contributed by atoms with Crippen molar-refractivity contribution in [3.05, 3.63) is 78.1 Å². The number of hydrogen-bond acceptors (Lipinski definition) is 4. The maximum Gasteiger partial charge on any atom is 0.258 e. The van der Waals surface area contributed by atoms with Crippen LogP contribution in [0.4, 0.5) is 10.1 Å². The van der Waals surface area contributed by atoms with Crippen LogP contribution in [0.5, 0.6) is 5.75 Å². The number of ether oxygens (including phenoxy) is 1. The maximum absolute atomic E-state index is 14.5.